The Morgan fingerprint density at radius 3 is 2.45 bits per heavy atom. The van der Waals surface area contributed by atoms with Gasteiger partial charge in [-0.1, -0.05) is 30.9 Å². The molecule has 9 nitrogen and oxygen atoms in total. The topological polar surface area (TPSA) is 114 Å². The number of hydrogen-bond donors (Lipinski definition) is 2. The molecule has 2 N–H and O–H groups in total. The third-order valence-electron chi connectivity index (χ3n) is 4.92. The van der Waals surface area contributed by atoms with E-state index in [1.807, 2.05) is 6.07 Å². The van der Waals surface area contributed by atoms with Crippen molar-refractivity contribution < 1.29 is 28.7 Å². The first kappa shape index (κ1) is 25.9. The molecule has 2 unspecified atom stereocenters. The number of methoxy groups -OCH3 is 1. The Kier molecular flexibility index (Phi) is 8.62. The van der Waals surface area contributed by atoms with Crippen LogP contribution in [0.25, 0.3) is 6.08 Å². The summed E-state index contributed by atoms with van der Waals surface area (Å²) in [5, 5.41) is 5.11. The van der Waals surface area contributed by atoms with Crippen molar-refractivity contribution in [2.75, 3.05) is 13.7 Å². The number of carbonyl (C=O) groups is 4. The second kappa shape index (κ2) is 11.0. The van der Waals surface area contributed by atoms with Crippen LogP contribution in [0.5, 0.6) is 0 Å². The Morgan fingerprint density at radius 1 is 1.24 bits per heavy atom. The number of carbonyl (C=O) groups excluding carboxylic acids is 4. The summed E-state index contributed by atoms with van der Waals surface area (Å²) < 4.78 is 9.86. The quantitative estimate of drug-likeness (QED) is 0.549. The average Bonchev–Trinajstić information content (AvgIpc) is 3.58. The number of ether oxygens (including phenoxy) is 2. The number of benzene rings is 1. The molecule has 1 aromatic rings. The van der Waals surface area contributed by atoms with Crippen LogP contribution < -0.4 is 10.6 Å². The van der Waals surface area contributed by atoms with E-state index in [0.29, 0.717) is 5.56 Å². The van der Waals surface area contributed by atoms with Crippen molar-refractivity contribution in [2.24, 2.45) is 0 Å². The van der Waals surface area contributed by atoms with E-state index in [1.165, 1.54) is 12.0 Å². The van der Waals surface area contributed by atoms with Crippen LogP contribution >= 0.6 is 0 Å². The fraction of sp³-hybridized carbons (Fsp3) is 0.500. The van der Waals surface area contributed by atoms with E-state index in [0.717, 1.165) is 18.4 Å². The highest BCUT2D eigenvalue weighted by Crippen LogP contribution is 2.35. The average molecular weight is 460 g/mol. The van der Waals surface area contributed by atoms with Crippen molar-refractivity contribution in [3.8, 4) is 0 Å². The second-order valence-electron chi connectivity index (χ2n) is 8.92. The highest BCUT2D eigenvalue weighted by molar-refractivity contribution is 5.93. The lowest BCUT2D eigenvalue weighted by Gasteiger charge is -2.34. The van der Waals surface area contributed by atoms with Gasteiger partial charge in [0.05, 0.1) is 7.11 Å². The van der Waals surface area contributed by atoms with E-state index in [9.17, 15) is 19.2 Å². The Labute approximate surface area is 194 Å². The fourth-order valence-corrected chi connectivity index (χ4v) is 3.26. The van der Waals surface area contributed by atoms with Gasteiger partial charge in [0.1, 0.15) is 24.2 Å². The summed E-state index contributed by atoms with van der Waals surface area (Å²) in [6.07, 6.45) is 2.38. The van der Waals surface area contributed by atoms with Crippen LogP contribution in [0.15, 0.2) is 30.8 Å². The van der Waals surface area contributed by atoms with Gasteiger partial charge in [-0.05, 0) is 57.7 Å². The second-order valence-corrected chi connectivity index (χ2v) is 8.92. The number of amides is 3. The summed E-state index contributed by atoms with van der Waals surface area (Å²) in [7, 11) is 1.23. The van der Waals surface area contributed by atoms with Crippen LogP contribution in [0.2, 0.25) is 0 Å². The molecule has 9 heteroatoms. The lowest BCUT2D eigenvalue weighted by molar-refractivity contribution is -0.145. The van der Waals surface area contributed by atoms with Crippen molar-refractivity contribution >= 4 is 30.0 Å². The molecular weight excluding hydrogens is 426 g/mol. The molecule has 180 valence electrons. The van der Waals surface area contributed by atoms with Gasteiger partial charge in [-0.15, -0.1) is 0 Å². The Balaban J connectivity index is 2.34. The summed E-state index contributed by atoms with van der Waals surface area (Å²) in [6.45, 7) is 10.2. The highest BCUT2D eigenvalue weighted by Gasteiger charge is 2.43. The van der Waals surface area contributed by atoms with E-state index < -0.39 is 41.6 Å². The molecule has 2 rings (SSSR count). The molecule has 1 saturated carbocycles. The number of hydrogen-bond acceptors (Lipinski definition) is 6. The van der Waals surface area contributed by atoms with E-state index in [4.69, 9.17) is 4.74 Å². The first-order valence-electron chi connectivity index (χ1n) is 10.9. The van der Waals surface area contributed by atoms with Gasteiger partial charge >= 0.3 is 12.1 Å². The summed E-state index contributed by atoms with van der Waals surface area (Å²) >= 11 is 0. The maximum absolute atomic E-state index is 13.5. The standard InChI is InChI=1S/C24H33N3O6/c1-7-16-9-8-10-17(13-16)20(21(29)25-14-19(28)32-6)27(18-11-12-18)22(30)15(2)26-23(31)33-24(3,4)5/h7-10,13,15,18,20H,1,11-12,14H2,2-6H3,(H,25,29)(H,26,31). The third-order valence-corrected chi connectivity index (χ3v) is 4.92. The molecule has 2 atom stereocenters. The fourth-order valence-electron chi connectivity index (χ4n) is 3.26. The van der Waals surface area contributed by atoms with Crippen LogP contribution in [0.4, 0.5) is 4.79 Å². The van der Waals surface area contributed by atoms with Gasteiger partial charge in [-0.3, -0.25) is 14.4 Å². The minimum Gasteiger partial charge on any atom is -0.468 e. The molecule has 3 amide bonds. The van der Waals surface area contributed by atoms with Gasteiger partial charge in [0.15, 0.2) is 0 Å². The monoisotopic (exact) mass is 459 g/mol. The van der Waals surface area contributed by atoms with Gasteiger partial charge in [0, 0.05) is 6.04 Å². The molecule has 0 spiro atoms. The van der Waals surface area contributed by atoms with Crippen molar-refractivity contribution in [3.63, 3.8) is 0 Å². The number of esters is 1. The summed E-state index contributed by atoms with van der Waals surface area (Å²) in [6, 6.07) is 5.01. The predicted molar refractivity (Wildman–Crippen MR) is 123 cm³/mol. The Hall–Kier alpha value is -3.36. The first-order valence-corrected chi connectivity index (χ1v) is 10.9. The zero-order valence-corrected chi connectivity index (χ0v) is 19.8. The van der Waals surface area contributed by atoms with E-state index in [1.54, 1.807) is 52.0 Å². The summed E-state index contributed by atoms with van der Waals surface area (Å²) in [4.78, 5) is 51.9. The molecule has 0 aromatic heterocycles. The number of nitrogens with one attached hydrogen (secondary N) is 2. The SMILES string of the molecule is C=Cc1cccc(C(C(=O)NCC(=O)OC)N(C(=O)C(C)NC(=O)OC(C)(C)C)C2CC2)c1. The van der Waals surface area contributed by atoms with Crippen molar-refractivity contribution in [1.82, 2.24) is 15.5 Å². The molecule has 1 aromatic carbocycles. The maximum atomic E-state index is 13.5. The molecule has 33 heavy (non-hydrogen) atoms. The zero-order valence-electron chi connectivity index (χ0n) is 19.8. The molecule has 1 fully saturated rings. The smallest absolute Gasteiger partial charge is 0.408 e. The van der Waals surface area contributed by atoms with Crippen molar-refractivity contribution in [1.29, 1.82) is 0 Å². The van der Waals surface area contributed by atoms with Gasteiger partial charge in [-0.25, -0.2) is 4.79 Å². The maximum Gasteiger partial charge on any atom is 0.408 e. The molecule has 1 aliphatic carbocycles. The lowest BCUT2D eigenvalue weighted by Crippen LogP contribution is -2.53. The van der Waals surface area contributed by atoms with Crippen LogP contribution in [-0.2, 0) is 23.9 Å². The van der Waals surface area contributed by atoms with Crippen molar-refractivity contribution in [2.45, 2.75) is 64.3 Å². The molecule has 1 aliphatic rings. The van der Waals surface area contributed by atoms with E-state index in [-0.39, 0.29) is 12.6 Å². The van der Waals surface area contributed by atoms with Gasteiger partial charge in [-0.2, -0.15) is 0 Å². The first-order chi connectivity index (χ1) is 15.5. The third kappa shape index (κ3) is 7.62. The summed E-state index contributed by atoms with van der Waals surface area (Å²) in [5.41, 5.74) is 0.630. The van der Waals surface area contributed by atoms with Crippen LogP contribution in [0.1, 0.15) is 57.7 Å². The van der Waals surface area contributed by atoms with Crippen LogP contribution in [0.3, 0.4) is 0 Å². The highest BCUT2D eigenvalue weighted by atomic mass is 16.6. The van der Waals surface area contributed by atoms with Gasteiger partial charge in [0.25, 0.3) is 0 Å². The molecule has 0 aliphatic heterocycles. The van der Waals surface area contributed by atoms with E-state index in [2.05, 4.69) is 21.9 Å². The minimum absolute atomic E-state index is 0.165. The Bertz CT molecular complexity index is 904. The molecule has 0 heterocycles. The normalized spacial score (nSPS) is 14.9. The van der Waals surface area contributed by atoms with Gasteiger partial charge in [0.2, 0.25) is 11.8 Å². The van der Waals surface area contributed by atoms with E-state index >= 15 is 0 Å². The molecule has 0 bridgehead atoms. The number of nitrogens with zero attached hydrogens (tertiary/aromatic N) is 1. The largest absolute Gasteiger partial charge is 0.468 e. The summed E-state index contributed by atoms with van der Waals surface area (Å²) in [5.74, 6) is -1.55. The number of rotatable bonds is 9. The molecular formula is C24H33N3O6. The minimum atomic E-state index is -1.00. The van der Waals surface area contributed by atoms with Crippen LogP contribution in [-0.4, -0.2) is 60.1 Å². The van der Waals surface area contributed by atoms with Crippen LogP contribution in [0, 0.1) is 0 Å². The molecule has 0 saturated heterocycles. The lowest BCUT2D eigenvalue weighted by atomic mass is 10.0. The zero-order chi connectivity index (χ0) is 24.8. The predicted octanol–water partition coefficient (Wildman–Crippen LogP) is 2.56. The number of alkyl carbamates (subject to hydrolysis) is 1. The molecule has 0 radical (unpaired) electrons. The van der Waals surface area contributed by atoms with Crippen molar-refractivity contribution in [3.05, 3.63) is 42.0 Å². The van der Waals surface area contributed by atoms with Gasteiger partial charge < -0.3 is 25.0 Å². The Morgan fingerprint density at radius 2 is 1.91 bits per heavy atom.